The maximum absolute atomic E-state index is 11.5. The highest BCUT2D eigenvalue weighted by Gasteiger charge is 2.07. The molecule has 4 heteroatoms. The Morgan fingerprint density at radius 2 is 2.00 bits per heavy atom. The quantitative estimate of drug-likeness (QED) is 0.558. The first-order chi connectivity index (χ1) is 6.69. The third kappa shape index (κ3) is 3.17. The van der Waals surface area contributed by atoms with Gasteiger partial charge in [-0.25, -0.2) is 0 Å². The summed E-state index contributed by atoms with van der Waals surface area (Å²) in [6, 6.07) is 5.70. The van der Waals surface area contributed by atoms with Gasteiger partial charge in [0.05, 0.1) is 0 Å². The fourth-order valence-electron chi connectivity index (χ4n) is 1.06. The Hall–Kier alpha value is 0.330. The summed E-state index contributed by atoms with van der Waals surface area (Å²) < 4.78 is 0.981. The minimum Gasteiger partial charge on any atom is -0.294 e. The number of carbonyl (C=O) groups excluding carboxylic acids is 1. The van der Waals surface area contributed by atoms with E-state index in [4.69, 9.17) is 0 Å². The molecule has 14 heavy (non-hydrogen) atoms. The molecule has 0 saturated heterocycles. The predicted molar refractivity (Wildman–Crippen MR) is 69.5 cm³/mol. The third-order valence-corrected chi connectivity index (χ3v) is 3.58. The fourth-order valence-corrected chi connectivity index (χ4v) is 2.80. The van der Waals surface area contributed by atoms with Crippen LogP contribution in [0.2, 0.25) is 0 Å². The minimum atomic E-state index is 0.170. The van der Waals surface area contributed by atoms with Gasteiger partial charge in [-0.2, -0.15) is 0 Å². The van der Waals surface area contributed by atoms with Crippen LogP contribution in [0.25, 0.3) is 0 Å². The number of hydrogen-bond acceptors (Lipinski definition) is 1. The molecule has 0 aliphatic heterocycles. The van der Waals surface area contributed by atoms with Crippen molar-refractivity contribution in [2.24, 2.45) is 0 Å². The van der Waals surface area contributed by atoms with Crippen molar-refractivity contribution in [2.45, 2.75) is 11.8 Å². The molecule has 1 nitrogen and oxygen atoms in total. The molecule has 76 valence electrons. The monoisotopic (exact) mass is 382 g/mol. The Labute approximate surface area is 109 Å². The molecule has 1 aromatic rings. The number of carbonyl (C=O) groups is 1. The Bertz CT molecular complexity index is 336. The molecule has 0 aromatic heterocycles. The van der Waals surface area contributed by atoms with Gasteiger partial charge in [0.1, 0.15) is 0 Å². The van der Waals surface area contributed by atoms with Crippen LogP contribution in [0.3, 0.4) is 0 Å². The van der Waals surface area contributed by atoms with Crippen molar-refractivity contribution in [3.8, 4) is 0 Å². The van der Waals surface area contributed by atoms with E-state index in [1.54, 1.807) is 0 Å². The number of alkyl halides is 2. The molecule has 0 aliphatic rings. The summed E-state index contributed by atoms with van der Waals surface area (Å²) in [6.45, 7) is 0. The summed E-state index contributed by atoms with van der Waals surface area (Å²) in [5.74, 6) is 0.170. The van der Waals surface area contributed by atoms with Crippen LogP contribution >= 0.6 is 47.8 Å². The maximum Gasteiger partial charge on any atom is 0.163 e. The van der Waals surface area contributed by atoms with Gasteiger partial charge in [-0.1, -0.05) is 59.9 Å². The lowest BCUT2D eigenvalue weighted by atomic mass is 10.1. The average molecular weight is 385 g/mol. The molecule has 0 aliphatic carbocycles. The van der Waals surface area contributed by atoms with Crippen molar-refractivity contribution in [2.75, 3.05) is 5.33 Å². The molecule has 0 fully saturated rings. The molecule has 0 spiro atoms. The van der Waals surface area contributed by atoms with Gasteiger partial charge < -0.3 is 0 Å². The number of Topliss-reactive ketones (excluding diaryl/α,β-unsaturated/α-hetero) is 1. The first-order valence-electron chi connectivity index (χ1n) is 4.12. The van der Waals surface area contributed by atoms with Gasteiger partial charge in [-0.3, -0.25) is 4.79 Å². The molecule has 1 aromatic carbocycles. The van der Waals surface area contributed by atoms with E-state index in [0.717, 1.165) is 20.9 Å². The predicted octanol–water partition coefficient (Wildman–Crippen LogP) is 4.31. The Kier molecular flexibility index (Phi) is 5.34. The largest absolute Gasteiger partial charge is 0.294 e. The molecule has 0 N–H and O–H groups in total. The molecule has 0 atom stereocenters. The van der Waals surface area contributed by atoms with Crippen molar-refractivity contribution >= 4 is 53.6 Å². The van der Waals surface area contributed by atoms with Crippen molar-refractivity contribution in [1.82, 2.24) is 0 Å². The van der Waals surface area contributed by atoms with Crippen molar-refractivity contribution < 1.29 is 4.79 Å². The fraction of sp³-hybridized carbons (Fsp3) is 0.300. The number of halogens is 3. The van der Waals surface area contributed by atoms with Crippen molar-refractivity contribution in [1.29, 1.82) is 0 Å². The third-order valence-electron chi connectivity index (χ3n) is 1.84. The van der Waals surface area contributed by atoms with Gasteiger partial charge in [-0.15, -0.1) is 0 Å². The summed E-state index contributed by atoms with van der Waals surface area (Å²) in [5.41, 5.74) is 1.92. The minimum absolute atomic E-state index is 0.170. The lowest BCUT2D eigenvalue weighted by Crippen LogP contribution is -1.99. The van der Waals surface area contributed by atoms with Crippen LogP contribution in [-0.2, 0) is 5.33 Å². The van der Waals surface area contributed by atoms with E-state index in [1.165, 1.54) is 0 Å². The van der Waals surface area contributed by atoms with Gasteiger partial charge >= 0.3 is 0 Å². The van der Waals surface area contributed by atoms with Gasteiger partial charge in [-0.05, 0) is 11.6 Å². The lowest BCUT2D eigenvalue weighted by molar-refractivity contribution is 0.0990. The lowest BCUT2D eigenvalue weighted by Gasteiger charge is -2.03. The zero-order chi connectivity index (χ0) is 10.6. The first kappa shape index (κ1) is 12.4. The Morgan fingerprint density at radius 3 is 2.50 bits per heavy atom. The van der Waals surface area contributed by atoms with Crippen molar-refractivity contribution in [3.05, 3.63) is 33.8 Å². The van der Waals surface area contributed by atoms with E-state index in [1.807, 2.05) is 18.2 Å². The maximum atomic E-state index is 11.5. The molecule has 0 bridgehead atoms. The molecular weight excluding hydrogens is 376 g/mol. The number of benzene rings is 1. The van der Waals surface area contributed by atoms with Crippen LogP contribution in [0, 0.1) is 0 Å². The molecule has 1 rings (SSSR count). The summed E-state index contributed by atoms with van der Waals surface area (Å²) in [5, 5.41) is 1.50. The van der Waals surface area contributed by atoms with E-state index in [-0.39, 0.29) is 5.78 Å². The average Bonchev–Trinajstić information content (AvgIpc) is 2.18. The van der Waals surface area contributed by atoms with E-state index >= 15 is 0 Å². The number of rotatable bonds is 4. The number of ketones is 1. The second-order valence-corrected chi connectivity index (χ2v) is 5.01. The highest BCUT2D eigenvalue weighted by molar-refractivity contribution is 9.10. The summed E-state index contributed by atoms with van der Waals surface area (Å²) in [4.78, 5) is 11.5. The van der Waals surface area contributed by atoms with Gasteiger partial charge in [0, 0.05) is 27.1 Å². The van der Waals surface area contributed by atoms with Crippen LogP contribution in [0.4, 0.5) is 0 Å². The van der Waals surface area contributed by atoms with Crippen LogP contribution in [0.15, 0.2) is 22.7 Å². The highest BCUT2D eigenvalue weighted by Crippen LogP contribution is 2.21. The highest BCUT2D eigenvalue weighted by atomic mass is 79.9. The van der Waals surface area contributed by atoms with Gasteiger partial charge in [0.2, 0.25) is 0 Å². The van der Waals surface area contributed by atoms with Gasteiger partial charge in [0.25, 0.3) is 0 Å². The summed E-state index contributed by atoms with van der Waals surface area (Å²) in [6.07, 6.45) is 0.542. The SMILES string of the molecule is O=C(CCBr)c1ccc(CBr)c(Br)c1. The first-order valence-corrected chi connectivity index (χ1v) is 7.16. The molecule has 0 heterocycles. The van der Waals surface area contributed by atoms with Crippen LogP contribution in [-0.4, -0.2) is 11.1 Å². The van der Waals surface area contributed by atoms with Gasteiger partial charge in [0.15, 0.2) is 5.78 Å². The zero-order valence-corrected chi connectivity index (χ0v) is 12.2. The molecule has 0 unspecified atom stereocenters. The Morgan fingerprint density at radius 1 is 1.29 bits per heavy atom. The topological polar surface area (TPSA) is 17.1 Å². The van der Waals surface area contributed by atoms with E-state index in [0.29, 0.717) is 11.8 Å². The van der Waals surface area contributed by atoms with Crippen LogP contribution < -0.4 is 0 Å². The molecular formula is C10H9Br3O. The second kappa shape index (κ2) is 6.03. The zero-order valence-electron chi connectivity index (χ0n) is 7.40. The molecule has 0 saturated carbocycles. The smallest absolute Gasteiger partial charge is 0.163 e. The van der Waals surface area contributed by atoms with E-state index in [2.05, 4.69) is 47.8 Å². The number of hydrogen-bond donors (Lipinski definition) is 0. The van der Waals surface area contributed by atoms with E-state index < -0.39 is 0 Å². The normalized spacial score (nSPS) is 10.2. The van der Waals surface area contributed by atoms with E-state index in [9.17, 15) is 4.79 Å². The van der Waals surface area contributed by atoms with Crippen LogP contribution in [0.5, 0.6) is 0 Å². The van der Waals surface area contributed by atoms with Crippen molar-refractivity contribution in [3.63, 3.8) is 0 Å². The summed E-state index contributed by atoms with van der Waals surface area (Å²) >= 11 is 10.1. The standard InChI is InChI=1S/C10H9Br3O/c11-4-3-10(14)7-1-2-8(6-12)9(13)5-7/h1-2,5H,3-4,6H2. The Balaban J connectivity index is 2.91. The summed E-state index contributed by atoms with van der Waals surface area (Å²) in [7, 11) is 0. The second-order valence-electron chi connectivity index (χ2n) is 2.80. The molecule has 0 amide bonds. The molecule has 0 radical (unpaired) electrons. The van der Waals surface area contributed by atoms with Crippen LogP contribution in [0.1, 0.15) is 22.3 Å².